The van der Waals surface area contributed by atoms with E-state index < -0.39 is 15.9 Å². The minimum absolute atomic E-state index is 0.0210. The van der Waals surface area contributed by atoms with E-state index in [-0.39, 0.29) is 5.69 Å². The number of amides is 1. The Labute approximate surface area is 213 Å². The minimum atomic E-state index is -3.72. The Bertz CT molecular complexity index is 1710. The number of H-pyrrole nitrogens is 1. The molecule has 1 amide bonds. The van der Waals surface area contributed by atoms with Crippen molar-refractivity contribution in [1.29, 1.82) is 0 Å². The summed E-state index contributed by atoms with van der Waals surface area (Å²) in [7, 11) is -3.72. The molecule has 0 saturated carbocycles. The number of rotatable bonds is 7. The Morgan fingerprint density at radius 1 is 1.05 bits per heavy atom. The molecule has 0 saturated heterocycles. The van der Waals surface area contributed by atoms with Crippen molar-refractivity contribution in [1.82, 2.24) is 39.9 Å². The molecule has 11 nitrogen and oxygen atoms in total. The SMILES string of the molecule is CCc1nc2c(C)cc(C(=O)NS(C)(=O)=O)nc2n1Cc1ccc(-c2ccccc2-c2nn[nH]n2)cc1. The van der Waals surface area contributed by atoms with Gasteiger partial charge in [0.15, 0.2) is 5.65 Å². The number of pyridine rings is 1. The summed E-state index contributed by atoms with van der Waals surface area (Å²) in [4.78, 5) is 21.7. The number of benzene rings is 2. The maximum Gasteiger partial charge on any atom is 0.283 e. The van der Waals surface area contributed by atoms with E-state index in [2.05, 4.69) is 25.6 Å². The quantitative estimate of drug-likeness (QED) is 0.335. The zero-order chi connectivity index (χ0) is 26.2. The van der Waals surface area contributed by atoms with Crippen LogP contribution in [0.4, 0.5) is 0 Å². The second-order valence-electron chi connectivity index (χ2n) is 8.65. The van der Waals surface area contributed by atoms with Crippen molar-refractivity contribution in [3.05, 3.63) is 77.2 Å². The lowest BCUT2D eigenvalue weighted by atomic mass is 9.98. The van der Waals surface area contributed by atoms with Gasteiger partial charge in [0.1, 0.15) is 17.0 Å². The van der Waals surface area contributed by atoms with Crippen molar-refractivity contribution in [2.75, 3.05) is 6.26 Å². The molecule has 0 aliphatic rings. The molecule has 0 fully saturated rings. The van der Waals surface area contributed by atoms with Gasteiger partial charge in [0.2, 0.25) is 15.8 Å². The third-order valence-corrected chi connectivity index (χ3v) is 6.48. The third kappa shape index (κ3) is 4.96. The molecule has 5 aromatic rings. The molecule has 0 aliphatic carbocycles. The van der Waals surface area contributed by atoms with Crippen LogP contribution in [0.3, 0.4) is 0 Å². The number of hydrogen-bond acceptors (Lipinski definition) is 8. The van der Waals surface area contributed by atoms with Crippen LogP contribution in [0, 0.1) is 6.92 Å². The number of hydrogen-bond donors (Lipinski definition) is 2. The molecule has 5 rings (SSSR count). The van der Waals surface area contributed by atoms with E-state index in [1.807, 2.05) is 71.7 Å². The standard InChI is InChI=1S/C25H24N8O3S/c1-4-21-27-22-15(2)13-20(25(34)30-37(3,35)36)26-24(22)33(21)14-16-9-11-17(12-10-16)18-7-5-6-8-19(18)23-28-31-32-29-23/h5-13H,4,14H2,1-3H3,(H,30,34)(H,28,29,31,32). The molecule has 0 bridgehead atoms. The number of carbonyl (C=O) groups excluding carboxylic acids is 1. The molecule has 3 heterocycles. The fourth-order valence-corrected chi connectivity index (χ4v) is 4.68. The molecule has 188 valence electrons. The monoisotopic (exact) mass is 516 g/mol. The van der Waals surface area contributed by atoms with Gasteiger partial charge in [0.25, 0.3) is 5.91 Å². The van der Waals surface area contributed by atoms with Gasteiger partial charge in [-0.2, -0.15) is 5.21 Å². The van der Waals surface area contributed by atoms with Crippen LogP contribution in [0.5, 0.6) is 0 Å². The van der Waals surface area contributed by atoms with Gasteiger partial charge in [-0.05, 0) is 40.5 Å². The van der Waals surface area contributed by atoms with Gasteiger partial charge in [0.05, 0.1) is 12.8 Å². The molecule has 37 heavy (non-hydrogen) atoms. The summed E-state index contributed by atoms with van der Waals surface area (Å²) in [5, 5.41) is 14.4. The highest BCUT2D eigenvalue weighted by molar-refractivity contribution is 7.89. The van der Waals surface area contributed by atoms with Crippen LogP contribution in [0.2, 0.25) is 0 Å². The van der Waals surface area contributed by atoms with E-state index in [4.69, 9.17) is 4.98 Å². The van der Waals surface area contributed by atoms with Crippen LogP contribution in [0.25, 0.3) is 33.7 Å². The topological polar surface area (TPSA) is 148 Å². The van der Waals surface area contributed by atoms with Gasteiger partial charge in [-0.1, -0.05) is 55.5 Å². The lowest BCUT2D eigenvalue weighted by Gasteiger charge is -2.11. The number of imidazole rings is 1. The number of aryl methyl sites for hydroxylation is 2. The molecule has 2 aromatic carbocycles. The first-order chi connectivity index (χ1) is 17.7. The van der Waals surface area contributed by atoms with Gasteiger partial charge < -0.3 is 4.57 Å². The average molecular weight is 517 g/mol. The number of aromatic nitrogens is 7. The number of carbonyl (C=O) groups is 1. The molecule has 0 radical (unpaired) electrons. The fourth-order valence-electron chi connectivity index (χ4n) is 4.24. The average Bonchev–Trinajstić information content (AvgIpc) is 3.52. The Kier molecular flexibility index (Phi) is 6.25. The van der Waals surface area contributed by atoms with E-state index in [0.717, 1.165) is 39.9 Å². The second-order valence-corrected chi connectivity index (χ2v) is 10.4. The van der Waals surface area contributed by atoms with Crippen molar-refractivity contribution in [2.45, 2.75) is 26.8 Å². The molecular formula is C25H24N8O3S. The predicted molar refractivity (Wildman–Crippen MR) is 138 cm³/mol. The van der Waals surface area contributed by atoms with Crippen molar-refractivity contribution < 1.29 is 13.2 Å². The molecule has 0 aliphatic heterocycles. The van der Waals surface area contributed by atoms with Gasteiger partial charge >= 0.3 is 0 Å². The summed E-state index contributed by atoms with van der Waals surface area (Å²) in [6, 6.07) is 17.5. The van der Waals surface area contributed by atoms with Gasteiger partial charge in [0, 0.05) is 12.0 Å². The normalized spacial score (nSPS) is 11.6. The smallest absolute Gasteiger partial charge is 0.283 e. The van der Waals surface area contributed by atoms with E-state index in [9.17, 15) is 13.2 Å². The lowest BCUT2D eigenvalue weighted by molar-refractivity contribution is 0.0977. The summed E-state index contributed by atoms with van der Waals surface area (Å²) in [5.74, 6) is 0.565. The van der Waals surface area contributed by atoms with Crippen molar-refractivity contribution >= 4 is 27.1 Å². The fraction of sp³-hybridized carbons (Fsp3) is 0.200. The molecule has 2 N–H and O–H groups in total. The van der Waals surface area contributed by atoms with Crippen molar-refractivity contribution in [3.8, 4) is 22.5 Å². The Hall–Kier alpha value is -4.45. The largest absolute Gasteiger partial charge is 0.308 e. The minimum Gasteiger partial charge on any atom is -0.308 e. The van der Waals surface area contributed by atoms with Gasteiger partial charge in [-0.3, -0.25) is 4.79 Å². The van der Waals surface area contributed by atoms with E-state index >= 15 is 0 Å². The Balaban J connectivity index is 1.50. The maximum absolute atomic E-state index is 12.5. The first-order valence-electron chi connectivity index (χ1n) is 11.5. The summed E-state index contributed by atoms with van der Waals surface area (Å²) in [6.45, 7) is 4.31. The van der Waals surface area contributed by atoms with E-state index in [0.29, 0.717) is 30.0 Å². The zero-order valence-electron chi connectivity index (χ0n) is 20.4. The Morgan fingerprint density at radius 2 is 1.78 bits per heavy atom. The first kappa shape index (κ1) is 24.3. The maximum atomic E-state index is 12.5. The third-order valence-electron chi connectivity index (χ3n) is 5.92. The molecular weight excluding hydrogens is 492 g/mol. The van der Waals surface area contributed by atoms with Crippen LogP contribution < -0.4 is 4.72 Å². The summed E-state index contributed by atoms with van der Waals surface area (Å²) in [5.41, 5.74) is 5.84. The summed E-state index contributed by atoms with van der Waals surface area (Å²) < 4.78 is 27.0. The second kappa shape index (κ2) is 9.54. The van der Waals surface area contributed by atoms with Gasteiger partial charge in [-0.25, -0.2) is 23.1 Å². The Morgan fingerprint density at radius 3 is 2.43 bits per heavy atom. The number of nitrogens with zero attached hydrogens (tertiary/aromatic N) is 6. The van der Waals surface area contributed by atoms with E-state index in [1.165, 1.54) is 0 Å². The number of fused-ring (bicyclic) bond motifs is 1. The van der Waals surface area contributed by atoms with Crippen molar-refractivity contribution in [3.63, 3.8) is 0 Å². The summed E-state index contributed by atoms with van der Waals surface area (Å²) >= 11 is 0. The molecule has 0 spiro atoms. The van der Waals surface area contributed by atoms with Crippen LogP contribution >= 0.6 is 0 Å². The van der Waals surface area contributed by atoms with Crippen molar-refractivity contribution in [2.24, 2.45) is 0 Å². The lowest BCUT2D eigenvalue weighted by Crippen LogP contribution is -2.30. The number of aromatic amines is 1. The molecule has 12 heteroatoms. The highest BCUT2D eigenvalue weighted by Gasteiger charge is 2.19. The number of sulfonamides is 1. The molecule has 3 aromatic heterocycles. The highest BCUT2D eigenvalue weighted by Crippen LogP contribution is 2.30. The predicted octanol–water partition coefficient (Wildman–Crippen LogP) is 2.89. The number of nitrogens with one attached hydrogen (secondary N) is 2. The zero-order valence-corrected chi connectivity index (χ0v) is 21.2. The first-order valence-corrected chi connectivity index (χ1v) is 13.4. The van der Waals surface area contributed by atoms with Crippen LogP contribution in [-0.2, 0) is 23.0 Å². The van der Waals surface area contributed by atoms with Crippen LogP contribution in [0.1, 0.15) is 34.4 Å². The highest BCUT2D eigenvalue weighted by atomic mass is 32.2. The van der Waals surface area contributed by atoms with E-state index in [1.54, 1.807) is 6.07 Å². The van der Waals surface area contributed by atoms with Gasteiger partial charge in [-0.15, -0.1) is 10.2 Å². The summed E-state index contributed by atoms with van der Waals surface area (Å²) in [6.07, 6.45) is 1.59. The van der Waals surface area contributed by atoms with Crippen LogP contribution in [0.15, 0.2) is 54.6 Å². The molecule has 0 atom stereocenters. The van der Waals surface area contributed by atoms with Crippen LogP contribution in [-0.4, -0.2) is 55.7 Å². The molecule has 0 unspecified atom stereocenters. The number of tetrazole rings is 1.